The monoisotopic (exact) mass is 404 g/mol. The van der Waals surface area contributed by atoms with E-state index in [1.165, 1.54) is 28.7 Å². The van der Waals surface area contributed by atoms with Crippen LogP contribution in [-0.4, -0.2) is 26.5 Å². The molecular formula is C18H40SiSn. The molecule has 1 rings (SSSR count). The SMILES string of the molecule is CCC[CH2][Sn]([CH2]CCC)([CH2]CCC)[C@@H]1C[C@@H]1[Si](C)(C)C. The Hall–Kier alpha value is 1.02. The second-order valence-electron chi connectivity index (χ2n) is 8.49. The van der Waals surface area contributed by atoms with Gasteiger partial charge in [-0.3, -0.25) is 0 Å². The Balaban J connectivity index is 2.79. The molecule has 2 heteroatoms. The van der Waals surface area contributed by atoms with E-state index in [9.17, 15) is 0 Å². The first-order valence-corrected chi connectivity index (χ1v) is 20.7. The molecule has 0 saturated heterocycles. The molecule has 1 saturated carbocycles. The van der Waals surface area contributed by atoms with Gasteiger partial charge in [-0.05, 0) is 0 Å². The third-order valence-corrected chi connectivity index (χ3v) is 27.5. The van der Waals surface area contributed by atoms with Gasteiger partial charge in [0.2, 0.25) is 0 Å². The van der Waals surface area contributed by atoms with Gasteiger partial charge in [0.05, 0.1) is 0 Å². The Morgan fingerprint density at radius 1 is 0.800 bits per heavy atom. The molecule has 0 radical (unpaired) electrons. The van der Waals surface area contributed by atoms with Crippen LogP contribution in [-0.2, 0) is 0 Å². The molecule has 0 aromatic carbocycles. The minimum atomic E-state index is -1.83. The average molecular weight is 403 g/mol. The van der Waals surface area contributed by atoms with E-state index in [-0.39, 0.29) is 0 Å². The third kappa shape index (κ3) is 5.33. The fraction of sp³-hybridized carbons (Fsp3) is 1.00. The molecule has 0 aliphatic heterocycles. The van der Waals surface area contributed by atoms with Gasteiger partial charge >= 0.3 is 135 Å². The second kappa shape index (κ2) is 8.60. The molecule has 1 aliphatic rings. The van der Waals surface area contributed by atoms with Crippen molar-refractivity contribution in [1.82, 2.24) is 0 Å². The summed E-state index contributed by atoms with van der Waals surface area (Å²) in [6.07, 6.45) is 10.6. The van der Waals surface area contributed by atoms with Crippen molar-refractivity contribution in [2.75, 3.05) is 0 Å². The van der Waals surface area contributed by atoms with Gasteiger partial charge in [0.25, 0.3) is 0 Å². The van der Waals surface area contributed by atoms with Crippen LogP contribution in [0.4, 0.5) is 0 Å². The molecular weight excluding hydrogens is 363 g/mol. The van der Waals surface area contributed by atoms with E-state index in [2.05, 4.69) is 40.4 Å². The van der Waals surface area contributed by atoms with Crippen molar-refractivity contribution in [2.24, 2.45) is 0 Å². The predicted octanol–water partition coefficient (Wildman–Crippen LogP) is 7.32. The normalized spacial score (nSPS) is 23.1. The van der Waals surface area contributed by atoms with Gasteiger partial charge in [-0.25, -0.2) is 0 Å². The summed E-state index contributed by atoms with van der Waals surface area (Å²) in [5.74, 6) is 0. The van der Waals surface area contributed by atoms with Crippen molar-refractivity contribution in [2.45, 2.75) is 108 Å². The Morgan fingerprint density at radius 3 is 1.45 bits per heavy atom. The van der Waals surface area contributed by atoms with Gasteiger partial charge in [0.1, 0.15) is 0 Å². The molecule has 2 atom stereocenters. The first-order valence-electron chi connectivity index (χ1n) is 9.41. The maximum absolute atomic E-state index is 2.63. The first kappa shape index (κ1) is 19.1. The average Bonchev–Trinajstić information content (AvgIpc) is 3.19. The van der Waals surface area contributed by atoms with Crippen LogP contribution >= 0.6 is 0 Å². The zero-order valence-electron chi connectivity index (χ0n) is 15.2. The van der Waals surface area contributed by atoms with Gasteiger partial charge in [-0.15, -0.1) is 0 Å². The first-order chi connectivity index (χ1) is 9.41. The molecule has 0 aromatic heterocycles. The summed E-state index contributed by atoms with van der Waals surface area (Å²) < 4.78 is 6.51. The van der Waals surface area contributed by atoms with Crippen LogP contribution in [0.3, 0.4) is 0 Å². The van der Waals surface area contributed by atoms with Crippen molar-refractivity contribution < 1.29 is 0 Å². The second-order valence-corrected chi connectivity index (χ2v) is 28.1. The van der Waals surface area contributed by atoms with E-state index in [1.54, 1.807) is 39.0 Å². The van der Waals surface area contributed by atoms with Gasteiger partial charge in [0.15, 0.2) is 0 Å². The minimum absolute atomic E-state index is 0.861. The molecule has 0 unspecified atom stereocenters. The number of hydrogen-bond acceptors (Lipinski definition) is 0. The Labute approximate surface area is 134 Å². The van der Waals surface area contributed by atoms with Crippen LogP contribution in [0.5, 0.6) is 0 Å². The number of unbranched alkanes of at least 4 members (excludes halogenated alkanes) is 3. The molecule has 0 amide bonds. The van der Waals surface area contributed by atoms with Gasteiger partial charge in [-0.2, -0.15) is 0 Å². The van der Waals surface area contributed by atoms with E-state index in [0.29, 0.717) is 0 Å². The van der Waals surface area contributed by atoms with E-state index < -0.39 is 26.5 Å². The zero-order valence-corrected chi connectivity index (χ0v) is 19.1. The zero-order chi connectivity index (χ0) is 15.2. The maximum atomic E-state index is 2.63. The summed E-state index contributed by atoms with van der Waals surface area (Å²) in [7, 11) is -0.861. The Kier molecular flexibility index (Phi) is 8.19. The summed E-state index contributed by atoms with van der Waals surface area (Å²) in [6.45, 7) is 15.1. The number of rotatable bonds is 11. The van der Waals surface area contributed by atoms with Crippen LogP contribution in [0.2, 0.25) is 42.4 Å². The molecule has 20 heavy (non-hydrogen) atoms. The summed E-state index contributed by atoms with van der Waals surface area (Å²) in [4.78, 5) is 0. The molecule has 1 fully saturated rings. The quantitative estimate of drug-likeness (QED) is 0.317. The van der Waals surface area contributed by atoms with Gasteiger partial charge < -0.3 is 0 Å². The van der Waals surface area contributed by atoms with Crippen LogP contribution in [0, 0.1) is 0 Å². The van der Waals surface area contributed by atoms with E-state index in [1.807, 2.05) is 0 Å². The molecule has 0 heterocycles. The van der Waals surface area contributed by atoms with E-state index >= 15 is 0 Å². The van der Waals surface area contributed by atoms with Crippen molar-refractivity contribution in [3.05, 3.63) is 0 Å². The van der Waals surface area contributed by atoms with E-state index in [4.69, 9.17) is 0 Å². The fourth-order valence-corrected chi connectivity index (χ4v) is 32.8. The van der Waals surface area contributed by atoms with Crippen LogP contribution in [0.15, 0.2) is 0 Å². The molecule has 120 valence electrons. The molecule has 0 nitrogen and oxygen atoms in total. The Morgan fingerprint density at radius 2 is 1.20 bits per heavy atom. The van der Waals surface area contributed by atoms with Gasteiger partial charge in [-0.1, -0.05) is 0 Å². The summed E-state index contributed by atoms with van der Waals surface area (Å²) in [6, 6.07) is 0. The summed E-state index contributed by atoms with van der Waals surface area (Å²) in [5.41, 5.74) is 1.23. The molecule has 0 N–H and O–H groups in total. The molecule has 0 aromatic rings. The van der Waals surface area contributed by atoms with E-state index in [0.717, 1.165) is 0 Å². The Bertz CT molecular complexity index is 247. The summed E-state index contributed by atoms with van der Waals surface area (Å²) in [5, 5.41) is 0. The summed E-state index contributed by atoms with van der Waals surface area (Å²) >= 11 is -1.83. The fourth-order valence-electron chi connectivity index (χ4n) is 4.35. The molecule has 0 bridgehead atoms. The standard InChI is InChI=1S/C6H13Si.3C4H9.Sn/c1-7(2,3)6-4-5-6;3*1-3-4-2;/h4,6H,5H2,1-3H3;3*1,3-4H2,2H3;/t6-;;;;/m1..../s1. The van der Waals surface area contributed by atoms with Crippen molar-refractivity contribution in [3.8, 4) is 0 Å². The van der Waals surface area contributed by atoms with Gasteiger partial charge in [0, 0.05) is 0 Å². The van der Waals surface area contributed by atoms with Crippen LogP contribution in [0.1, 0.15) is 65.7 Å². The third-order valence-electron chi connectivity index (χ3n) is 5.77. The van der Waals surface area contributed by atoms with Crippen molar-refractivity contribution in [1.29, 1.82) is 0 Å². The van der Waals surface area contributed by atoms with Crippen molar-refractivity contribution >= 4 is 26.5 Å². The van der Waals surface area contributed by atoms with Crippen molar-refractivity contribution in [3.63, 3.8) is 0 Å². The topological polar surface area (TPSA) is 0 Å². The van der Waals surface area contributed by atoms with Crippen LogP contribution in [0.25, 0.3) is 0 Å². The van der Waals surface area contributed by atoms with Crippen LogP contribution < -0.4 is 0 Å². The molecule has 0 spiro atoms. The predicted molar refractivity (Wildman–Crippen MR) is 100 cm³/mol. The number of hydrogen-bond donors (Lipinski definition) is 0. The molecule has 1 aliphatic carbocycles.